The monoisotopic (exact) mass is 393 g/mol. The molecule has 0 unspecified atom stereocenters. The highest BCUT2D eigenvalue weighted by Gasteiger charge is 2.27. The number of hydrogen-bond acceptors (Lipinski definition) is 2. The van der Waals surface area contributed by atoms with E-state index in [0.717, 1.165) is 10.9 Å². The molecule has 0 saturated heterocycles. The fraction of sp³-hybridized carbons (Fsp3) is 0.417. The van der Waals surface area contributed by atoms with E-state index in [-0.39, 0.29) is 18.0 Å². The zero-order valence-electron chi connectivity index (χ0n) is 17.5. The van der Waals surface area contributed by atoms with Crippen LogP contribution < -0.4 is 0 Å². The van der Waals surface area contributed by atoms with Crippen molar-refractivity contribution in [1.29, 1.82) is 0 Å². The van der Waals surface area contributed by atoms with Gasteiger partial charge < -0.3 is 9.47 Å². The maximum atomic E-state index is 14.2. The molecule has 1 aliphatic rings. The quantitative estimate of drug-likeness (QED) is 0.558. The van der Waals surface area contributed by atoms with Gasteiger partial charge in [0.15, 0.2) is 0 Å². The fourth-order valence-corrected chi connectivity index (χ4v) is 4.44. The van der Waals surface area contributed by atoms with E-state index in [1.807, 2.05) is 50.7 Å². The van der Waals surface area contributed by atoms with Gasteiger partial charge in [-0.15, -0.1) is 0 Å². The summed E-state index contributed by atoms with van der Waals surface area (Å²) in [7, 11) is 0. The van der Waals surface area contributed by atoms with Crippen LogP contribution in [0.2, 0.25) is 0 Å². The van der Waals surface area contributed by atoms with Crippen molar-refractivity contribution in [3.05, 3.63) is 59.8 Å². The van der Waals surface area contributed by atoms with E-state index in [1.165, 1.54) is 37.0 Å². The number of halogens is 1. The van der Waals surface area contributed by atoms with E-state index in [4.69, 9.17) is 0 Å². The first-order valence-electron chi connectivity index (χ1n) is 10.5. The van der Waals surface area contributed by atoms with Gasteiger partial charge in [-0.25, -0.2) is 4.39 Å². The number of hydrogen-bond donors (Lipinski definition) is 0. The Balaban J connectivity index is 1.90. The summed E-state index contributed by atoms with van der Waals surface area (Å²) in [5.74, 6) is -0.0117. The minimum Gasteiger partial charge on any atom is -0.334 e. The van der Waals surface area contributed by atoms with E-state index < -0.39 is 5.82 Å². The molecule has 4 rings (SSSR count). The second-order valence-corrected chi connectivity index (χ2v) is 8.54. The Hall–Kier alpha value is -2.69. The topological polar surface area (TPSA) is 38.1 Å². The van der Waals surface area contributed by atoms with Gasteiger partial charge in [-0.1, -0.05) is 6.42 Å². The molecule has 0 bridgehead atoms. The summed E-state index contributed by atoms with van der Waals surface area (Å²) >= 11 is 0. The van der Waals surface area contributed by atoms with Crippen LogP contribution in [0, 0.1) is 5.82 Å². The average Bonchev–Trinajstić information content (AvgIpc) is 2.99. The molecule has 2 heterocycles. The Morgan fingerprint density at radius 1 is 1.17 bits per heavy atom. The summed E-state index contributed by atoms with van der Waals surface area (Å²) in [6.07, 6.45) is 9.38. The van der Waals surface area contributed by atoms with Crippen molar-refractivity contribution in [2.45, 2.75) is 65.0 Å². The molecule has 0 N–H and O–H groups in total. The summed E-state index contributed by atoms with van der Waals surface area (Å²) in [5.41, 5.74) is 3.33. The van der Waals surface area contributed by atoms with E-state index >= 15 is 0 Å². The van der Waals surface area contributed by atoms with Crippen LogP contribution in [0.3, 0.4) is 0 Å². The van der Waals surface area contributed by atoms with Gasteiger partial charge in [0.25, 0.3) is 5.91 Å². The highest BCUT2D eigenvalue weighted by atomic mass is 19.1. The molecule has 1 aliphatic carbocycles. The smallest absolute Gasteiger partial charge is 0.256 e. The van der Waals surface area contributed by atoms with Gasteiger partial charge in [0.2, 0.25) is 0 Å². The second kappa shape index (κ2) is 7.62. The van der Waals surface area contributed by atoms with Crippen molar-refractivity contribution in [3.63, 3.8) is 0 Å². The van der Waals surface area contributed by atoms with Crippen molar-refractivity contribution in [1.82, 2.24) is 14.5 Å². The number of amides is 1. The first kappa shape index (κ1) is 19.6. The maximum Gasteiger partial charge on any atom is 0.256 e. The van der Waals surface area contributed by atoms with Gasteiger partial charge in [-0.3, -0.25) is 9.78 Å². The van der Waals surface area contributed by atoms with Crippen LogP contribution in [0.5, 0.6) is 0 Å². The standard InChI is InChI=1S/C24H28FN3O/c1-15(2)28(16(3)4)24(29)20-12-18(25)8-9-22(20)27-14-21(17-6-5-7-17)19-10-11-26-13-23(19)27/h8-17H,5-7H2,1-4H3. The van der Waals surface area contributed by atoms with E-state index in [0.29, 0.717) is 17.2 Å². The summed E-state index contributed by atoms with van der Waals surface area (Å²) in [6, 6.07) is 6.57. The number of carbonyl (C=O) groups is 1. The first-order valence-corrected chi connectivity index (χ1v) is 10.5. The third-order valence-corrected chi connectivity index (χ3v) is 5.98. The molecule has 1 fully saturated rings. The molecule has 1 saturated carbocycles. The van der Waals surface area contributed by atoms with Crippen LogP contribution in [-0.2, 0) is 0 Å². The molecule has 4 nitrogen and oxygen atoms in total. The van der Waals surface area contributed by atoms with Gasteiger partial charge >= 0.3 is 0 Å². The third kappa shape index (κ3) is 3.43. The van der Waals surface area contributed by atoms with Crippen molar-refractivity contribution in [2.75, 3.05) is 0 Å². The minimum absolute atomic E-state index is 0.0206. The number of nitrogens with zero attached hydrogens (tertiary/aromatic N) is 3. The van der Waals surface area contributed by atoms with Crippen LogP contribution in [-0.4, -0.2) is 32.4 Å². The lowest BCUT2D eigenvalue weighted by molar-refractivity contribution is 0.0643. The van der Waals surface area contributed by atoms with Crippen molar-refractivity contribution < 1.29 is 9.18 Å². The van der Waals surface area contributed by atoms with E-state index in [2.05, 4.69) is 11.2 Å². The van der Waals surface area contributed by atoms with E-state index in [9.17, 15) is 9.18 Å². The van der Waals surface area contributed by atoms with Gasteiger partial charge in [0.1, 0.15) is 5.82 Å². The van der Waals surface area contributed by atoms with Crippen LogP contribution in [0.15, 0.2) is 42.9 Å². The second-order valence-electron chi connectivity index (χ2n) is 8.54. The molecule has 152 valence electrons. The molecule has 3 aromatic rings. The van der Waals surface area contributed by atoms with Gasteiger partial charge in [0.05, 0.1) is 23.0 Å². The molecule has 2 aromatic heterocycles. The summed E-state index contributed by atoms with van der Waals surface area (Å²) in [5, 5.41) is 1.16. The summed E-state index contributed by atoms with van der Waals surface area (Å²) in [4.78, 5) is 19.6. The lowest BCUT2D eigenvalue weighted by Gasteiger charge is -2.31. The Kier molecular flexibility index (Phi) is 5.15. The molecule has 0 spiro atoms. The molecule has 1 aromatic carbocycles. The lowest BCUT2D eigenvalue weighted by Crippen LogP contribution is -2.42. The molecule has 0 aliphatic heterocycles. The predicted molar refractivity (Wildman–Crippen MR) is 114 cm³/mol. The number of aromatic nitrogens is 2. The Labute approximate surface area is 171 Å². The predicted octanol–water partition coefficient (Wildman–Crippen LogP) is 5.69. The van der Waals surface area contributed by atoms with Crippen molar-refractivity contribution in [2.24, 2.45) is 0 Å². The fourth-order valence-electron chi connectivity index (χ4n) is 4.44. The average molecular weight is 394 g/mol. The molecule has 1 amide bonds. The third-order valence-electron chi connectivity index (χ3n) is 5.98. The minimum atomic E-state index is -0.404. The lowest BCUT2D eigenvalue weighted by atomic mass is 9.80. The van der Waals surface area contributed by atoms with E-state index in [1.54, 1.807) is 11.0 Å². The molecule has 29 heavy (non-hydrogen) atoms. The molecule has 0 atom stereocenters. The number of carbonyl (C=O) groups excluding carboxylic acids is 1. The van der Waals surface area contributed by atoms with Gasteiger partial charge in [-0.2, -0.15) is 0 Å². The van der Waals surface area contributed by atoms with Crippen LogP contribution in [0.4, 0.5) is 4.39 Å². The zero-order valence-corrected chi connectivity index (χ0v) is 17.5. The number of benzene rings is 1. The van der Waals surface area contributed by atoms with Crippen LogP contribution in [0.1, 0.15) is 68.8 Å². The Morgan fingerprint density at radius 3 is 2.52 bits per heavy atom. The number of pyridine rings is 1. The molecular weight excluding hydrogens is 365 g/mol. The van der Waals surface area contributed by atoms with Crippen LogP contribution in [0.25, 0.3) is 16.6 Å². The van der Waals surface area contributed by atoms with Crippen molar-refractivity contribution >= 4 is 16.8 Å². The largest absolute Gasteiger partial charge is 0.334 e. The highest BCUT2D eigenvalue weighted by molar-refractivity contribution is 5.99. The summed E-state index contributed by atoms with van der Waals surface area (Å²) in [6.45, 7) is 7.95. The highest BCUT2D eigenvalue weighted by Crippen LogP contribution is 2.41. The maximum absolute atomic E-state index is 14.2. The van der Waals surface area contributed by atoms with Crippen molar-refractivity contribution in [3.8, 4) is 5.69 Å². The van der Waals surface area contributed by atoms with Gasteiger partial charge in [0, 0.05) is 29.9 Å². The zero-order chi connectivity index (χ0) is 20.7. The number of fused-ring (bicyclic) bond motifs is 1. The van der Waals surface area contributed by atoms with Crippen LogP contribution >= 0.6 is 0 Å². The Morgan fingerprint density at radius 2 is 1.90 bits per heavy atom. The molecule has 0 radical (unpaired) electrons. The molecule has 5 heteroatoms. The first-order chi connectivity index (χ1) is 13.9. The normalized spacial score (nSPS) is 14.6. The summed E-state index contributed by atoms with van der Waals surface area (Å²) < 4.78 is 16.2. The molecular formula is C24H28FN3O. The Bertz CT molecular complexity index is 1040. The van der Waals surface area contributed by atoms with Gasteiger partial charge in [-0.05, 0) is 76.3 Å². The SMILES string of the molecule is CC(C)N(C(=O)c1cc(F)ccc1-n1cc(C2CCC2)c2ccncc21)C(C)C. The number of rotatable bonds is 5.